The van der Waals surface area contributed by atoms with Crippen LogP contribution in [0.2, 0.25) is 0 Å². The molecule has 0 amide bonds. The van der Waals surface area contributed by atoms with Gasteiger partial charge in [-0.15, -0.1) is 0 Å². The van der Waals surface area contributed by atoms with E-state index in [4.69, 9.17) is 0 Å². The van der Waals surface area contributed by atoms with Crippen molar-refractivity contribution in [2.75, 3.05) is 20.6 Å². The quantitative estimate of drug-likeness (QED) is 0.291. The molecule has 0 spiro atoms. The van der Waals surface area contributed by atoms with Crippen LogP contribution >= 0.6 is 0 Å². The monoisotopic (exact) mass is 135 g/mol. The molecule has 4 heteroatoms. The number of carbonyl (C=O) groups excluding carboxylic acids is 1. The number of hydrogen-bond donors (Lipinski definition) is 0. The van der Waals surface area contributed by atoms with Crippen molar-refractivity contribution in [2.24, 2.45) is 0 Å². The smallest absolute Gasteiger partial charge is 0.545 e. The van der Waals surface area contributed by atoms with Crippen molar-refractivity contribution >= 4 is 5.97 Å². The summed E-state index contributed by atoms with van der Waals surface area (Å²) >= 11 is 0. The maximum atomic E-state index is 9.76. The summed E-state index contributed by atoms with van der Waals surface area (Å²) in [4.78, 5) is 11.6. The van der Waals surface area contributed by atoms with E-state index < -0.39 is 5.97 Å². The Balaban J connectivity index is 0. The molecule has 0 aromatic rings. The summed E-state index contributed by atoms with van der Waals surface area (Å²) < 4.78 is 0. The van der Waals surface area contributed by atoms with Crippen LogP contribution in [0.25, 0.3) is 0 Å². The Morgan fingerprint density at radius 3 is 2.40 bits per heavy atom. The van der Waals surface area contributed by atoms with E-state index in [9.17, 15) is 9.90 Å². The largest absolute Gasteiger partial charge is 1.00 e. The molecule has 0 fully saturated rings. The molecule has 10 heavy (non-hydrogen) atoms. The van der Waals surface area contributed by atoms with Crippen LogP contribution in [0.3, 0.4) is 0 Å². The van der Waals surface area contributed by atoms with Gasteiger partial charge in [0.1, 0.15) is 0 Å². The topological polar surface area (TPSA) is 43.4 Å². The molecule has 0 aliphatic carbocycles. The zero-order valence-electron chi connectivity index (χ0n) is 6.63. The minimum Gasteiger partial charge on any atom is -0.545 e. The molecular weight excluding hydrogens is 125 g/mol. The fourth-order valence-corrected chi connectivity index (χ4v) is 0.360. The molecule has 0 unspecified atom stereocenters. The van der Waals surface area contributed by atoms with Gasteiger partial charge in [-0.3, -0.25) is 0 Å². The molecule has 0 bridgehead atoms. The normalized spacial score (nSPS) is 9.90. The Morgan fingerprint density at radius 1 is 1.60 bits per heavy atom. The average molecular weight is 135 g/mol. The summed E-state index contributed by atoms with van der Waals surface area (Å²) in [5.74, 6) is -1.14. The van der Waals surface area contributed by atoms with Crippen molar-refractivity contribution in [3.63, 3.8) is 0 Å². The third-order valence-electron chi connectivity index (χ3n) is 0.724. The Bertz CT molecular complexity index is 123. The van der Waals surface area contributed by atoms with E-state index in [1.807, 2.05) is 19.0 Å². The van der Waals surface area contributed by atoms with Crippen molar-refractivity contribution in [3.05, 3.63) is 12.2 Å². The van der Waals surface area contributed by atoms with Gasteiger partial charge in [0.15, 0.2) is 0 Å². The Labute approximate surface area is 72.9 Å². The Morgan fingerprint density at radius 2 is 2.10 bits per heavy atom. The number of carboxylic acid groups (broad SMARTS) is 1. The van der Waals surface area contributed by atoms with Gasteiger partial charge in [0.25, 0.3) is 0 Å². The first-order valence-electron chi connectivity index (χ1n) is 2.65. The number of hydrogen-bond acceptors (Lipinski definition) is 3. The van der Waals surface area contributed by atoms with Crippen LogP contribution in [0.1, 0.15) is 0 Å². The second-order valence-corrected chi connectivity index (χ2v) is 1.98. The van der Waals surface area contributed by atoms with Crippen molar-refractivity contribution in [1.82, 2.24) is 4.90 Å². The summed E-state index contributed by atoms with van der Waals surface area (Å²) in [6, 6.07) is 0. The number of likely N-dealkylation sites (N-methyl/N-ethyl adjacent to an activating group) is 1. The second-order valence-electron chi connectivity index (χ2n) is 1.98. The molecule has 0 saturated carbocycles. The second kappa shape index (κ2) is 6.88. The van der Waals surface area contributed by atoms with E-state index >= 15 is 0 Å². The number of carboxylic acids is 1. The van der Waals surface area contributed by atoms with Crippen LogP contribution in [0.15, 0.2) is 12.2 Å². The third kappa shape index (κ3) is 10.7. The van der Waals surface area contributed by atoms with Gasteiger partial charge in [-0.05, 0) is 20.2 Å². The zero-order chi connectivity index (χ0) is 7.28. The number of nitrogens with zero attached hydrogens (tertiary/aromatic N) is 1. The molecule has 0 aromatic heterocycles. The van der Waals surface area contributed by atoms with Crippen LogP contribution in [0.4, 0.5) is 0 Å². The first kappa shape index (κ1) is 12.4. The molecule has 0 aliphatic rings. The Hall–Kier alpha value is -0.233. The molecule has 0 atom stereocenters. The van der Waals surface area contributed by atoms with E-state index in [-0.39, 0.29) is 18.9 Å². The predicted octanol–water partition coefficient (Wildman–Crippen LogP) is -4.14. The van der Waals surface area contributed by atoms with Crippen LogP contribution in [0, 0.1) is 0 Å². The summed E-state index contributed by atoms with van der Waals surface area (Å²) in [7, 11) is 3.72. The maximum absolute atomic E-state index is 9.76. The van der Waals surface area contributed by atoms with Crippen molar-refractivity contribution in [3.8, 4) is 0 Å². The van der Waals surface area contributed by atoms with Gasteiger partial charge in [-0.1, -0.05) is 6.08 Å². The fourth-order valence-electron chi connectivity index (χ4n) is 0.360. The molecule has 0 radical (unpaired) electrons. The van der Waals surface area contributed by atoms with Crippen molar-refractivity contribution < 1.29 is 28.8 Å². The number of rotatable bonds is 3. The minimum absolute atomic E-state index is 0. The number of aliphatic carboxylic acids is 1. The van der Waals surface area contributed by atoms with Gasteiger partial charge >= 0.3 is 18.9 Å². The first-order chi connectivity index (χ1) is 4.13. The molecule has 0 rings (SSSR count). The summed E-state index contributed by atoms with van der Waals surface area (Å²) in [6.07, 6.45) is 2.56. The predicted molar refractivity (Wildman–Crippen MR) is 32.7 cm³/mol. The van der Waals surface area contributed by atoms with Gasteiger partial charge in [0.05, 0.1) is 5.97 Å². The third-order valence-corrected chi connectivity index (χ3v) is 0.724. The van der Waals surface area contributed by atoms with Crippen molar-refractivity contribution in [2.45, 2.75) is 0 Å². The zero-order valence-corrected chi connectivity index (χ0v) is 6.63. The van der Waals surface area contributed by atoms with E-state index in [1.54, 1.807) is 0 Å². The molecule has 0 heterocycles. The van der Waals surface area contributed by atoms with Crippen LogP contribution in [-0.2, 0) is 4.79 Å². The van der Waals surface area contributed by atoms with E-state index in [0.717, 1.165) is 6.08 Å². The van der Waals surface area contributed by atoms with E-state index in [2.05, 4.69) is 0 Å². The molecule has 3 nitrogen and oxygen atoms in total. The van der Waals surface area contributed by atoms with E-state index in [0.29, 0.717) is 6.54 Å². The molecule has 0 saturated heterocycles. The van der Waals surface area contributed by atoms with Gasteiger partial charge in [-0.25, -0.2) is 0 Å². The molecule has 52 valence electrons. The average Bonchev–Trinajstić information content (AvgIpc) is 1.63. The van der Waals surface area contributed by atoms with Gasteiger partial charge in [-0.2, -0.15) is 0 Å². The fraction of sp³-hybridized carbons (Fsp3) is 0.500. The van der Waals surface area contributed by atoms with E-state index in [1.165, 1.54) is 6.08 Å². The Kier molecular flexibility index (Phi) is 8.56. The summed E-state index contributed by atoms with van der Waals surface area (Å²) in [5, 5.41) is 9.76. The van der Waals surface area contributed by atoms with Gasteiger partial charge < -0.3 is 14.8 Å². The van der Waals surface area contributed by atoms with Crippen LogP contribution in [0.5, 0.6) is 0 Å². The first-order valence-corrected chi connectivity index (χ1v) is 2.65. The minimum atomic E-state index is -1.14. The van der Waals surface area contributed by atoms with Gasteiger partial charge in [0.2, 0.25) is 0 Å². The molecule has 0 aliphatic heterocycles. The van der Waals surface area contributed by atoms with Crippen LogP contribution < -0.4 is 24.0 Å². The molecule has 0 aromatic carbocycles. The SMILES string of the molecule is CN(C)C/C=C/C(=O)[O-].[Li+]. The van der Waals surface area contributed by atoms with Crippen molar-refractivity contribution in [1.29, 1.82) is 0 Å². The van der Waals surface area contributed by atoms with Crippen LogP contribution in [-0.4, -0.2) is 31.5 Å². The number of carbonyl (C=O) groups is 1. The summed E-state index contributed by atoms with van der Waals surface area (Å²) in [6.45, 7) is 0.633. The maximum Gasteiger partial charge on any atom is 1.00 e. The standard InChI is InChI=1S/C6H11NO2.Li/c1-7(2)5-3-4-6(8)9;/h3-4H,5H2,1-2H3,(H,8,9);/q;+1/p-1/b4-3+;. The van der Waals surface area contributed by atoms with Gasteiger partial charge in [0, 0.05) is 6.54 Å². The molecule has 0 N–H and O–H groups in total. The molecular formula is C6H10LiNO2. The summed E-state index contributed by atoms with van der Waals surface area (Å²) in [5.41, 5.74) is 0.